The number of aromatic nitrogens is 2. The van der Waals surface area contributed by atoms with Crippen molar-refractivity contribution in [1.29, 1.82) is 0 Å². The molecule has 4 aromatic rings. The van der Waals surface area contributed by atoms with Crippen molar-refractivity contribution in [2.24, 2.45) is 7.05 Å². The molecule has 0 aliphatic heterocycles. The molecule has 3 aromatic carbocycles. The van der Waals surface area contributed by atoms with Gasteiger partial charge in [0, 0.05) is 19.0 Å². The zero-order valence-corrected chi connectivity index (χ0v) is 15.5. The Morgan fingerprint density at radius 1 is 0.857 bits per heavy atom. The number of benzene rings is 3. The zero-order valence-electron chi connectivity index (χ0n) is 15.5. The fourth-order valence-electron chi connectivity index (χ4n) is 3.36. The van der Waals surface area contributed by atoms with E-state index in [4.69, 9.17) is 0 Å². The lowest BCUT2D eigenvalue weighted by atomic mass is 10.0. The number of fused-ring (bicyclic) bond motifs is 2. The molecule has 28 heavy (non-hydrogen) atoms. The molecule has 0 aliphatic rings. The predicted octanol–water partition coefficient (Wildman–Crippen LogP) is 3.09. The molecule has 0 fully saturated rings. The number of nitrogens with zero attached hydrogens (tertiary/aromatic N) is 2. The van der Waals surface area contributed by atoms with Crippen LogP contribution in [0.1, 0.15) is 11.3 Å². The highest BCUT2D eigenvalue weighted by atomic mass is 16.2. The van der Waals surface area contributed by atoms with Crippen LogP contribution in [0.4, 0.5) is 4.79 Å². The first kappa shape index (κ1) is 17.7. The molecule has 0 saturated heterocycles. The number of hydrogen-bond acceptors (Lipinski definition) is 3. The first-order valence-corrected chi connectivity index (χ1v) is 9.07. The molecular weight excluding hydrogens is 352 g/mol. The molecule has 1 aromatic heterocycles. The molecule has 1 heterocycles. The van der Waals surface area contributed by atoms with Crippen LogP contribution in [0.25, 0.3) is 21.5 Å². The van der Waals surface area contributed by atoms with Gasteiger partial charge in [-0.1, -0.05) is 60.7 Å². The molecule has 0 aliphatic carbocycles. The van der Waals surface area contributed by atoms with Crippen molar-refractivity contribution in [3.05, 3.63) is 88.3 Å². The van der Waals surface area contributed by atoms with Gasteiger partial charge in [-0.05, 0) is 22.4 Å². The lowest BCUT2D eigenvalue weighted by Gasteiger charge is -2.11. The third kappa shape index (κ3) is 3.44. The summed E-state index contributed by atoms with van der Waals surface area (Å²) in [7, 11) is 1.61. The van der Waals surface area contributed by atoms with Gasteiger partial charge in [0.2, 0.25) is 0 Å². The van der Waals surface area contributed by atoms with Gasteiger partial charge in [-0.15, -0.1) is 0 Å². The van der Waals surface area contributed by atoms with Crippen LogP contribution in [0.15, 0.2) is 71.5 Å². The van der Waals surface area contributed by atoms with Crippen LogP contribution in [-0.2, 0) is 20.1 Å². The van der Waals surface area contributed by atoms with E-state index in [1.165, 1.54) is 4.68 Å². The zero-order chi connectivity index (χ0) is 19.5. The lowest BCUT2D eigenvalue weighted by Crippen LogP contribution is -2.35. The summed E-state index contributed by atoms with van der Waals surface area (Å²) in [6.07, 6.45) is 0. The smallest absolute Gasteiger partial charge is 0.315 e. The number of aryl methyl sites for hydroxylation is 1. The number of carbonyl (C=O) groups excluding carboxylic acids is 1. The van der Waals surface area contributed by atoms with Gasteiger partial charge in [0.15, 0.2) is 0 Å². The molecule has 0 atom stereocenters. The number of nitrogens with one attached hydrogen (secondary N) is 2. The number of carbonyl (C=O) groups is 1. The summed E-state index contributed by atoms with van der Waals surface area (Å²) >= 11 is 0. The summed E-state index contributed by atoms with van der Waals surface area (Å²) < 4.78 is 1.30. The van der Waals surface area contributed by atoms with Gasteiger partial charge in [-0.25, -0.2) is 9.48 Å². The highest BCUT2D eigenvalue weighted by Gasteiger charge is 2.10. The van der Waals surface area contributed by atoms with Crippen molar-refractivity contribution in [1.82, 2.24) is 20.4 Å². The summed E-state index contributed by atoms with van der Waals surface area (Å²) in [5, 5.41) is 13.6. The quantitative estimate of drug-likeness (QED) is 0.578. The monoisotopic (exact) mass is 372 g/mol. The third-order valence-corrected chi connectivity index (χ3v) is 4.77. The van der Waals surface area contributed by atoms with Crippen LogP contribution in [0.5, 0.6) is 0 Å². The second kappa shape index (κ2) is 7.52. The van der Waals surface area contributed by atoms with Crippen molar-refractivity contribution >= 4 is 27.6 Å². The van der Waals surface area contributed by atoms with E-state index in [-0.39, 0.29) is 18.1 Å². The maximum atomic E-state index is 12.3. The van der Waals surface area contributed by atoms with Crippen molar-refractivity contribution in [2.45, 2.75) is 13.1 Å². The van der Waals surface area contributed by atoms with Crippen molar-refractivity contribution in [3.8, 4) is 0 Å². The van der Waals surface area contributed by atoms with E-state index in [1.807, 2.05) is 48.5 Å². The molecular formula is C22H20N4O2. The minimum Gasteiger partial charge on any atom is -0.334 e. The largest absolute Gasteiger partial charge is 0.334 e. The maximum Gasteiger partial charge on any atom is 0.315 e. The second-order valence-electron chi connectivity index (χ2n) is 6.60. The normalized spacial score (nSPS) is 10.9. The standard InChI is InChI=1S/C22H20N4O2/c1-26-21(27)19-12-5-4-11-18(19)20(25-26)14-24-22(28)23-13-16-9-6-8-15-7-2-3-10-17(15)16/h2-12H,13-14H2,1H3,(H2,23,24,28). The number of rotatable bonds is 4. The van der Waals surface area contributed by atoms with Gasteiger partial charge < -0.3 is 10.6 Å². The van der Waals surface area contributed by atoms with E-state index in [1.54, 1.807) is 13.1 Å². The fraction of sp³-hybridized carbons (Fsp3) is 0.136. The molecule has 0 unspecified atom stereocenters. The Hall–Kier alpha value is -3.67. The van der Waals surface area contributed by atoms with E-state index in [0.717, 1.165) is 21.7 Å². The van der Waals surface area contributed by atoms with E-state index >= 15 is 0 Å². The summed E-state index contributed by atoms with van der Waals surface area (Å²) in [4.78, 5) is 24.5. The van der Waals surface area contributed by atoms with Gasteiger partial charge in [0.1, 0.15) is 0 Å². The van der Waals surface area contributed by atoms with Crippen LogP contribution in [0.3, 0.4) is 0 Å². The van der Waals surface area contributed by atoms with E-state index in [0.29, 0.717) is 17.6 Å². The number of hydrogen-bond donors (Lipinski definition) is 2. The van der Waals surface area contributed by atoms with Gasteiger partial charge >= 0.3 is 6.03 Å². The molecule has 4 rings (SSSR count). The topological polar surface area (TPSA) is 76.0 Å². The van der Waals surface area contributed by atoms with Crippen molar-refractivity contribution in [2.75, 3.05) is 0 Å². The summed E-state index contributed by atoms with van der Waals surface area (Å²) in [5.74, 6) is 0. The molecule has 0 saturated carbocycles. The summed E-state index contributed by atoms with van der Waals surface area (Å²) in [6, 6.07) is 21.1. The van der Waals surface area contributed by atoms with E-state index < -0.39 is 0 Å². The Bertz CT molecular complexity index is 1220. The molecule has 0 spiro atoms. The molecule has 2 amide bonds. The Morgan fingerprint density at radius 2 is 1.50 bits per heavy atom. The van der Waals surface area contributed by atoms with Crippen LogP contribution >= 0.6 is 0 Å². The van der Waals surface area contributed by atoms with Crippen LogP contribution in [-0.4, -0.2) is 15.8 Å². The average Bonchev–Trinajstić information content (AvgIpc) is 2.73. The first-order chi connectivity index (χ1) is 13.6. The molecule has 0 radical (unpaired) electrons. The van der Waals surface area contributed by atoms with Crippen LogP contribution < -0.4 is 16.2 Å². The van der Waals surface area contributed by atoms with Gasteiger partial charge in [0.05, 0.1) is 17.6 Å². The Labute approximate surface area is 161 Å². The minimum absolute atomic E-state index is 0.153. The molecule has 6 nitrogen and oxygen atoms in total. The maximum absolute atomic E-state index is 12.3. The third-order valence-electron chi connectivity index (χ3n) is 4.77. The number of amides is 2. The van der Waals surface area contributed by atoms with Gasteiger partial charge in [-0.2, -0.15) is 5.10 Å². The Morgan fingerprint density at radius 3 is 2.32 bits per heavy atom. The van der Waals surface area contributed by atoms with Gasteiger partial charge in [-0.3, -0.25) is 4.79 Å². The van der Waals surface area contributed by atoms with Gasteiger partial charge in [0.25, 0.3) is 5.56 Å². The fourth-order valence-corrected chi connectivity index (χ4v) is 3.36. The summed E-state index contributed by atoms with van der Waals surface area (Å²) in [5.41, 5.74) is 1.55. The molecule has 0 bridgehead atoms. The summed E-state index contributed by atoms with van der Waals surface area (Å²) in [6.45, 7) is 0.657. The predicted molar refractivity (Wildman–Crippen MR) is 110 cm³/mol. The Kier molecular flexibility index (Phi) is 4.76. The highest BCUT2D eigenvalue weighted by Crippen LogP contribution is 2.18. The highest BCUT2D eigenvalue weighted by molar-refractivity contribution is 5.86. The van der Waals surface area contributed by atoms with Crippen molar-refractivity contribution < 1.29 is 4.79 Å². The second-order valence-corrected chi connectivity index (χ2v) is 6.60. The van der Waals surface area contributed by atoms with Crippen LogP contribution in [0.2, 0.25) is 0 Å². The average molecular weight is 372 g/mol. The minimum atomic E-state index is -0.285. The SMILES string of the molecule is Cn1nc(CNC(=O)NCc2cccc3ccccc23)c2ccccc2c1=O. The van der Waals surface area contributed by atoms with E-state index in [2.05, 4.69) is 27.9 Å². The molecule has 2 N–H and O–H groups in total. The Balaban J connectivity index is 1.46. The molecule has 6 heteroatoms. The van der Waals surface area contributed by atoms with Crippen molar-refractivity contribution in [3.63, 3.8) is 0 Å². The lowest BCUT2D eigenvalue weighted by molar-refractivity contribution is 0.240. The van der Waals surface area contributed by atoms with E-state index in [9.17, 15) is 9.59 Å². The molecule has 140 valence electrons. The number of urea groups is 1. The first-order valence-electron chi connectivity index (χ1n) is 9.07. The van der Waals surface area contributed by atoms with Crippen LogP contribution in [0, 0.1) is 0 Å².